The Bertz CT molecular complexity index is 1320. The van der Waals surface area contributed by atoms with Gasteiger partial charge in [-0.05, 0) is 47.5 Å². The van der Waals surface area contributed by atoms with Crippen LogP contribution in [0.25, 0.3) is 0 Å². The summed E-state index contributed by atoms with van der Waals surface area (Å²) in [7, 11) is 0. The van der Waals surface area contributed by atoms with E-state index in [1.54, 1.807) is 30.0 Å². The molecule has 4 unspecified atom stereocenters. The van der Waals surface area contributed by atoms with Gasteiger partial charge in [0, 0.05) is 40.4 Å². The summed E-state index contributed by atoms with van der Waals surface area (Å²) in [5.74, 6) is -0.246. The molecular formula is C29H29Cl3N2O5S. The fourth-order valence-electron chi connectivity index (χ4n) is 4.29. The quantitative estimate of drug-likeness (QED) is 0.184. The summed E-state index contributed by atoms with van der Waals surface area (Å²) in [6.45, 7) is 3.52. The number of hydrogen-bond donors (Lipinski definition) is 3. The number of thioether (sulfide) groups is 1. The summed E-state index contributed by atoms with van der Waals surface area (Å²) >= 11 is 18.8. The molecule has 1 aliphatic heterocycles. The first-order valence-electron chi connectivity index (χ1n) is 12.5. The van der Waals surface area contributed by atoms with Crippen LogP contribution >= 0.6 is 46.6 Å². The number of alkyl halides is 3. The van der Waals surface area contributed by atoms with Crippen molar-refractivity contribution in [3.63, 3.8) is 0 Å². The SMILES string of the molecule is CC(=O)Nc1ccc(SCC2OC(c3cccc(NC(=O)C(Cl)(Cl)Cl)c3)OC(c3ccc(CO)cc3)C2C)cc1. The second-order valence-corrected chi connectivity index (χ2v) is 12.8. The number of carbonyl (C=O) groups excluding carboxylic acids is 2. The van der Waals surface area contributed by atoms with Crippen LogP contribution in [-0.2, 0) is 25.7 Å². The molecule has 4 rings (SSSR count). The van der Waals surface area contributed by atoms with E-state index in [-0.39, 0.29) is 30.6 Å². The van der Waals surface area contributed by atoms with Crippen LogP contribution in [-0.4, -0.2) is 32.6 Å². The lowest BCUT2D eigenvalue weighted by atomic mass is 9.91. The Kier molecular flexibility index (Phi) is 10.4. The van der Waals surface area contributed by atoms with Gasteiger partial charge in [-0.15, -0.1) is 11.8 Å². The molecule has 212 valence electrons. The zero-order chi connectivity index (χ0) is 28.9. The Hall–Kier alpha value is -2.30. The second kappa shape index (κ2) is 13.6. The van der Waals surface area contributed by atoms with Crippen LogP contribution in [0.1, 0.15) is 42.9 Å². The Balaban J connectivity index is 1.56. The summed E-state index contributed by atoms with van der Waals surface area (Å²) in [5.41, 5.74) is 3.65. The number of nitrogens with one attached hydrogen (secondary N) is 2. The molecule has 0 aliphatic carbocycles. The van der Waals surface area contributed by atoms with Crippen molar-refractivity contribution in [1.29, 1.82) is 0 Å². The van der Waals surface area contributed by atoms with Gasteiger partial charge >= 0.3 is 0 Å². The molecule has 1 heterocycles. The van der Waals surface area contributed by atoms with E-state index < -0.39 is 16.0 Å². The van der Waals surface area contributed by atoms with E-state index in [2.05, 4.69) is 17.6 Å². The zero-order valence-electron chi connectivity index (χ0n) is 21.8. The third-order valence-corrected chi connectivity index (χ3v) is 8.00. The number of anilines is 2. The average molecular weight is 624 g/mol. The van der Waals surface area contributed by atoms with Gasteiger partial charge in [0.2, 0.25) is 5.91 Å². The van der Waals surface area contributed by atoms with Crippen LogP contribution in [0.15, 0.2) is 77.7 Å². The maximum Gasteiger partial charge on any atom is 0.276 e. The monoisotopic (exact) mass is 622 g/mol. The molecule has 1 fully saturated rings. The van der Waals surface area contributed by atoms with Gasteiger partial charge in [0.1, 0.15) is 0 Å². The van der Waals surface area contributed by atoms with Crippen molar-refractivity contribution in [2.45, 2.75) is 47.6 Å². The molecule has 1 saturated heterocycles. The molecule has 0 bridgehead atoms. The van der Waals surface area contributed by atoms with Crippen molar-refractivity contribution in [3.05, 3.63) is 89.5 Å². The molecule has 3 aromatic rings. The lowest BCUT2D eigenvalue weighted by Gasteiger charge is -2.41. The minimum atomic E-state index is -2.10. The number of ether oxygens (including phenoxy) is 2. The maximum atomic E-state index is 12.2. The number of amides is 2. The second-order valence-electron chi connectivity index (χ2n) is 9.42. The molecule has 0 saturated carbocycles. The predicted octanol–water partition coefficient (Wildman–Crippen LogP) is 7.03. The Labute approximate surface area is 252 Å². The van der Waals surface area contributed by atoms with Crippen molar-refractivity contribution >= 4 is 69.8 Å². The fraction of sp³-hybridized carbons (Fsp3) is 0.310. The Morgan fingerprint density at radius 1 is 0.925 bits per heavy atom. The molecule has 2 amide bonds. The van der Waals surface area contributed by atoms with Crippen molar-refractivity contribution in [3.8, 4) is 0 Å². The first kappa shape index (κ1) is 30.7. The molecule has 0 aromatic heterocycles. The van der Waals surface area contributed by atoms with E-state index in [4.69, 9.17) is 44.3 Å². The summed E-state index contributed by atoms with van der Waals surface area (Å²) in [4.78, 5) is 24.5. The van der Waals surface area contributed by atoms with Crippen LogP contribution in [0, 0.1) is 5.92 Å². The third kappa shape index (κ3) is 8.13. The first-order valence-corrected chi connectivity index (χ1v) is 14.6. The van der Waals surface area contributed by atoms with Crippen molar-refractivity contribution < 1.29 is 24.2 Å². The predicted molar refractivity (Wildman–Crippen MR) is 160 cm³/mol. The molecule has 11 heteroatoms. The molecular weight excluding hydrogens is 595 g/mol. The van der Waals surface area contributed by atoms with E-state index in [0.717, 1.165) is 21.7 Å². The topological polar surface area (TPSA) is 96.9 Å². The zero-order valence-corrected chi connectivity index (χ0v) is 24.9. The number of carbonyl (C=O) groups is 2. The number of rotatable bonds is 8. The van der Waals surface area contributed by atoms with Crippen LogP contribution < -0.4 is 10.6 Å². The van der Waals surface area contributed by atoms with Gasteiger partial charge < -0.3 is 25.2 Å². The summed E-state index contributed by atoms with van der Waals surface area (Å²) in [6.07, 6.45) is -1.21. The minimum absolute atomic E-state index is 0.00498. The Morgan fingerprint density at radius 3 is 2.25 bits per heavy atom. The highest BCUT2D eigenvalue weighted by atomic mass is 35.6. The van der Waals surface area contributed by atoms with Gasteiger partial charge in [0.05, 0.1) is 18.8 Å². The highest BCUT2D eigenvalue weighted by Gasteiger charge is 2.38. The molecule has 4 atom stereocenters. The van der Waals surface area contributed by atoms with Crippen LogP contribution in [0.4, 0.5) is 11.4 Å². The lowest BCUT2D eigenvalue weighted by Crippen LogP contribution is -2.38. The number of aliphatic hydroxyl groups excluding tert-OH is 1. The molecule has 0 spiro atoms. The van der Waals surface area contributed by atoms with Crippen molar-refractivity contribution in [2.24, 2.45) is 5.92 Å². The number of halogens is 3. The number of aliphatic hydroxyl groups is 1. The largest absolute Gasteiger partial charge is 0.392 e. The normalized spacial score (nSPS) is 21.1. The minimum Gasteiger partial charge on any atom is -0.392 e. The highest BCUT2D eigenvalue weighted by molar-refractivity contribution is 7.99. The molecule has 40 heavy (non-hydrogen) atoms. The van der Waals surface area contributed by atoms with E-state index >= 15 is 0 Å². The number of benzene rings is 3. The smallest absolute Gasteiger partial charge is 0.276 e. The van der Waals surface area contributed by atoms with Gasteiger partial charge in [0.15, 0.2) is 6.29 Å². The lowest BCUT2D eigenvalue weighted by molar-refractivity contribution is -0.268. The van der Waals surface area contributed by atoms with Gasteiger partial charge in [-0.2, -0.15) is 0 Å². The molecule has 0 radical (unpaired) electrons. The van der Waals surface area contributed by atoms with E-state index in [0.29, 0.717) is 17.0 Å². The van der Waals surface area contributed by atoms with Crippen LogP contribution in [0.2, 0.25) is 0 Å². The third-order valence-electron chi connectivity index (χ3n) is 6.39. The van der Waals surface area contributed by atoms with Crippen molar-refractivity contribution in [2.75, 3.05) is 16.4 Å². The Morgan fingerprint density at radius 2 is 1.62 bits per heavy atom. The highest BCUT2D eigenvalue weighted by Crippen LogP contribution is 2.43. The van der Waals surface area contributed by atoms with E-state index in [1.165, 1.54) is 6.92 Å². The standard InChI is InChI=1S/C29H29Cl3N2O5S/c1-17-25(16-40-24-12-10-22(11-13-24)33-18(2)36)38-27(39-26(17)20-8-6-19(15-35)7-9-20)21-4-3-5-23(14-21)34-28(37)29(30,31)32/h3-14,17,25-27,35H,15-16H2,1-2H3,(H,33,36)(H,34,37). The fourth-order valence-corrected chi connectivity index (χ4v) is 5.50. The molecule has 1 aliphatic rings. The van der Waals surface area contributed by atoms with E-state index in [1.807, 2.05) is 54.6 Å². The van der Waals surface area contributed by atoms with Gasteiger partial charge in [0.25, 0.3) is 9.70 Å². The summed E-state index contributed by atoms with van der Waals surface area (Å²) in [6, 6.07) is 22.3. The van der Waals surface area contributed by atoms with E-state index in [9.17, 15) is 14.7 Å². The first-order chi connectivity index (χ1) is 19.0. The maximum absolute atomic E-state index is 12.2. The van der Waals surface area contributed by atoms with Crippen LogP contribution in [0.3, 0.4) is 0 Å². The van der Waals surface area contributed by atoms with Crippen molar-refractivity contribution in [1.82, 2.24) is 0 Å². The summed E-state index contributed by atoms with van der Waals surface area (Å²) in [5, 5.41) is 14.8. The van der Waals surface area contributed by atoms with Gasteiger partial charge in [-0.25, -0.2) is 0 Å². The number of hydrogen-bond acceptors (Lipinski definition) is 6. The molecule has 3 aromatic carbocycles. The summed E-state index contributed by atoms with van der Waals surface area (Å²) < 4.78 is 10.9. The molecule has 7 nitrogen and oxygen atoms in total. The van der Waals surface area contributed by atoms with Gasteiger partial charge in [-0.3, -0.25) is 9.59 Å². The average Bonchev–Trinajstić information content (AvgIpc) is 2.92. The molecule has 3 N–H and O–H groups in total. The van der Waals surface area contributed by atoms with Gasteiger partial charge in [-0.1, -0.05) is 78.1 Å². The van der Waals surface area contributed by atoms with Crippen LogP contribution in [0.5, 0.6) is 0 Å².